The minimum atomic E-state index is 0.615. The molecule has 1 aliphatic rings. The Morgan fingerprint density at radius 3 is 2.00 bits per heavy atom. The van der Waals surface area contributed by atoms with Gasteiger partial charge in [-0.25, -0.2) is 0 Å². The molecule has 10 heavy (non-hydrogen) atoms. The molecule has 0 aliphatic heterocycles. The Labute approximate surface area is 63.5 Å². The summed E-state index contributed by atoms with van der Waals surface area (Å²) in [6.45, 7) is 0. The van der Waals surface area contributed by atoms with E-state index in [1.807, 2.05) is 0 Å². The maximum absolute atomic E-state index is 7.00. The molecule has 1 aliphatic carbocycles. The lowest BCUT2D eigenvalue weighted by molar-refractivity contribution is 0.399. The van der Waals surface area contributed by atoms with Gasteiger partial charge < -0.3 is 5.11 Å². The van der Waals surface area contributed by atoms with Crippen LogP contribution in [0.1, 0.15) is 32.1 Å². The van der Waals surface area contributed by atoms with E-state index in [0.29, 0.717) is 5.92 Å². The van der Waals surface area contributed by atoms with Crippen molar-refractivity contribution >= 4 is 0 Å². The predicted octanol–water partition coefficient (Wildman–Crippen LogP) is 1.81. The first kappa shape index (κ1) is 9.52. The second kappa shape index (κ2) is 6.64. The zero-order valence-electron chi connectivity index (χ0n) is 6.64. The smallest absolute Gasteiger partial charge is 0.0319 e. The molecule has 0 spiro atoms. The normalized spacial score (nSPS) is 18.5. The van der Waals surface area contributed by atoms with Crippen LogP contribution in [0.5, 0.6) is 0 Å². The standard InChI is InChI=1S/C8H12.CH4O/c1-2-8-6-4-3-5-7-8;1-2/h1,8H,3-7H2;2H,1H3. The van der Waals surface area contributed by atoms with Gasteiger partial charge in [0.15, 0.2) is 0 Å². The van der Waals surface area contributed by atoms with E-state index in [9.17, 15) is 0 Å². The zero-order chi connectivity index (χ0) is 7.82. The summed E-state index contributed by atoms with van der Waals surface area (Å²) in [4.78, 5) is 0. The molecule has 1 rings (SSSR count). The fourth-order valence-electron chi connectivity index (χ4n) is 1.27. The number of aliphatic hydroxyl groups excluding tert-OH is 1. The lowest BCUT2D eigenvalue weighted by atomic mass is 9.90. The molecule has 0 radical (unpaired) electrons. The summed E-state index contributed by atoms with van der Waals surface area (Å²) in [6.07, 6.45) is 11.9. The molecule has 58 valence electrons. The Morgan fingerprint density at radius 1 is 1.20 bits per heavy atom. The maximum Gasteiger partial charge on any atom is 0.0319 e. The average Bonchev–Trinajstić information content (AvgIpc) is 2.10. The first-order valence-electron chi connectivity index (χ1n) is 3.84. The minimum absolute atomic E-state index is 0.615. The summed E-state index contributed by atoms with van der Waals surface area (Å²) in [6, 6.07) is 0. The third-order valence-electron chi connectivity index (χ3n) is 1.84. The molecule has 1 saturated carbocycles. The first-order chi connectivity index (χ1) is 4.93. The van der Waals surface area contributed by atoms with Crippen LogP contribution in [0.4, 0.5) is 0 Å². The fourth-order valence-corrected chi connectivity index (χ4v) is 1.27. The van der Waals surface area contributed by atoms with Crippen molar-refractivity contribution in [2.75, 3.05) is 7.11 Å². The van der Waals surface area contributed by atoms with E-state index in [1.165, 1.54) is 32.1 Å². The van der Waals surface area contributed by atoms with Gasteiger partial charge in [0.1, 0.15) is 0 Å². The Bertz CT molecular complexity index is 95.8. The van der Waals surface area contributed by atoms with E-state index in [4.69, 9.17) is 11.5 Å². The molecule has 0 heterocycles. The van der Waals surface area contributed by atoms with Gasteiger partial charge in [-0.2, -0.15) is 0 Å². The highest BCUT2D eigenvalue weighted by atomic mass is 16.2. The molecule has 1 nitrogen and oxygen atoms in total. The Morgan fingerprint density at radius 2 is 1.70 bits per heavy atom. The number of terminal acetylenes is 1. The molecule has 0 unspecified atom stereocenters. The molecule has 0 aromatic heterocycles. The van der Waals surface area contributed by atoms with Crippen molar-refractivity contribution in [2.24, 2.45) is 5.92 Å². The van der Waals surface area contributed by atoms with Gasteiger partial charge in [0.25, 0.3) is 0 Å². The van der Waals surface area contributed by atoms with E-state index in [2.05, 4.69) is 5.92 Å². The monoisotopic (exact) mass is 140 g/mol. The number of rotatable bonds is 0. The largest absolute Gasteiger partial charge is 0.400 e. The molecule has 0 aromatic rings. The Balaban J connectivity index is 0.000000371. The van der Waals surface area contributed by atoms with E-state index in [0.717, 1.165) is 7.11 Å². The lowest BCUT2D eigenvalue weighted by Crippen LogP contribution is -2.02. The summed E-state index contributed by atoms with van der Waals surface area (Å²) in [5, 5.41) is 7.00. The number of aliphatic hydroxyl groups is 1. The van der Waals surface area contributed by atoms with Gasteiger partial charge in [0, 0.05) is 13.0 Å². The molecule has 0 atom stereocenters. The third kappa shape index (κ3) is 3.53. The van der Waals surface area contributed by atoms with Crippen LogP contribution in [0.25, 0.3) is 0 Å². The van der Waals surface area contributed by atoms with Gasteiger partial charge in [-0.3, -0.25) is 0 Å². The molecule has 0 saturated heterocycles. The third-order valence-corrected chi connectivity index (χ3v) is 1.84. The second-order valence-electron chi connectivity index (χ2n) is 2.50. The summed E-state index contributed by atoms with van der Waals surface area (Å²) < 4.78 is 0. The highest BCUT2D eigenvalue weighted by Crippen LogP contribution is 2.22. The van der Waals surface area contributed by atoms with Crippen LogP contribution in [-0.4, -0.2) is 12.2 Å². The van der Waals surface area contributed by atoms with Crippen LogP contribution in [0, 0.1) is 18.3 Å². The minimum Gasteiger partial charge on any atom is -0.400 e. The predicted molar refractivity (Wildman–Crippen MR) is 43.6 cm³/mol. The van der Waals surface area contributed by atoms with Crippen molar-refractivity contribution < 1.29 is 5.11 Å². The van der Waals surface area contributed by atoms with Crippen LogP contribution in [0.3, 0.4) is 0 Å². The van der Waals surface area contributed by atoms with Crippen LogP contribution in [0.15, 0.2) is 0 Å². The van der Waals surface area contributed by atoms with Crippen molar-refractivity contribution in [2.45, 2.75) is 32.1 Å². The summed E-state index contributed by atoms with van der Waals surface area (Å²) in [5.41, 5.74) is 0. The lowest BCUT2D eigenvalue weighted by Gasteiger charge is -2.14. The second-order valence-corrected chi connectivity index (χ2v) is 2.50. The van der Waals surface area contributed by atoms with Crippen LogP contribution >= 0.6 is 0 Å². The molecular weight excluding hydrogens is 124 g/mol. The molecule has 1 fully saturated rings. The number of hydrogen-bond donors (Lipinski definition) is 1. The van der Waals surface area contributed by atoms with Crippen molar-refractivity contribution in [3.63, 3.8) is 0 Å². The van der Waals surface area contributed by atoms with Gasteiger partial charge in [-0.1, -0.05) is 19.3 Å². The van der Waals surface area contributed by atoms with Crippen LogP contribution in [-0.2, 0) is 0 Å². The average molecular weight is 140 g/mol. The van der Waals surface area contributed by atoms with Gasteiger partial charge >= 0.3 is 0 Å². The topological polar surface area (TPSA) is 20.2 Å². The van der Waals surface area contributed by atoms with E-state index in [-0.39, 0.29) is 0 Å². The summed E-state index contributed by atoms with van der Waals surface area (Å²) in [7, 11) is 1.00. The summed E-state index contributed by atoms with van der Waals surface area (Å²) in [5.74, 6) is 3.42. The zero-order valence-corrected chi connectivity index (χ0v) is 6.64. The number of hydrogen-bond acceptors (Lipinski definition) is 1. The van der Waals surface area contributed by atoms with E-state index in [1.54, 1.807) is 0 Å². The van der Waals surface area contributed by atoms with Gasteiger partial charge in [-0.15, -0.1) is 12.3 Å². The Kier molecular flexibility index (Phi) is 6.32. The summed E-state index contributed by atoms with van der Waals surface area (Å²) >= 11 is 0. The molecular formula is C9H16O. The van der Waals surface area contributed by atoms with E-state index < -0.39 is 0 Å². The van der Waals surface area contributed by atoms with Gasteiger partial charge in [0.2, 0.25) is 0 Å². The molecule has 0 bridgehead atoms. The molecule has 0 amide bonds. The van der Waals surface area contributed by atoms with Crippen molar-refractivity contribution in [1.29, 1.82) is 0 Å². The van der Waals surface area contributed by atoms with Gasteiger partial charge in [0.05, 0.1) is 0 Å². The Hall–Kier alpha value is -0.480. The van der Waals surface area contributed by atoms with Gasteiger partial charge in [-0.05, 0) is 12.8 Å². The van der Waals surface area contributed by atoms with Crippen LogP contribution in [0.2, 0.25) is 0 Å². The first-order valence-corrected chi connectivity index (χ1v) is 3.84. The highest BCUT2D eigenvalue weighted by molar-refractivity contribution is 4.93. The SMILES string of the molecule is C#CC1CCCCC1.CO. The van der Waals surface area contributed by atoms with E-state index >= 15 is 0 Å². The van der Waals surface area contributed by atoms with Crippen LogP contribution < -0.4 is 0 Å². The highest BCUT2D eigenvalue weighted by Gasteiger charge is 2.08. The molecule has 1 N–H and O–H groups in total. The maximum atomic E-state index is 7.00. The van der Waals surface area contributed by atoms with Crippen molar-refractivity contribution in [3.05, 3.63) is 0 Å². The molecule has 0 aromatic carbocycles. The quantitative estimate of drug-likeness (QED) is 0.509. The van der Waals surface area contributed by atoms with Crippen molar-refractivity contribution in [1.82, 2.24) is 0 Å². The van der Waals surface area contributed by atoms with Crippen molar-refractivity contribution in [3.8, 4) is 12.3 Å². The molecule has 1 heteroatoms. The fraction of sp³-hybridized carbons (Fsp3) is 0.778.